The predicted octanol–water partition coefficient (Wildman–Crippen LogP) is 0.541. The molecule has 0 unspecified atom stereocenters. The highest BCUT2D eigenvalue weighted by Crippen LogP contribution is 2.28. The summed E-state index contributed by atoms with van der Waals surface area (Å²) in [4.78, 5) is 37.3. The van der Waals surface area contributed by atoms with Gasteiger partial charge in [-0.15, -0.1) is 0 Å². The minimum Gasteiger partial charge on any atom is -0.410 e. The van der Waals surface area contributed by atoms with Gasteiger partial charge in [-0.2, -0.15) is 4.98 Å². The molecule has 1 amide bonds. The molecule has 2 aromatic rings. The van der Waals surface area contributed by atoms with E-state index in [0.29, 0.717) is 10.8 Å². The third-order valence-corrected chi connectivity index (χ3v) is 4.14. The Morgan fingerprint density at radius 1 is 1.34 bits per heavy atom. The van der Waals surface area contributed by atoms with E-state index in [9.17, 15) is 34.3 Å². The van der Waals surface area contributed by atoms with Crippen LogP contribution >= 0.6 is 0 Å². The number of aromatic nitrogens is 2. The zero-order valence-electron chi connectivity index (χ0n) is 14.8. The van der Waals surface area contributed by atoms with Gasteiger partial charge in [-0.25, -0.2) is 14.0 Å². The van der Waals surface area contributed by atoms with Gasteiger partial charge in [0, 0.05) is 12.1 Å². The van der Waals surface area contributed by atoms with Crippen LogP contribution in [0.4, 0.5) is 20.7 Å². The Balaban J connectivity index is 1.73. The molecule has 0 radical (unpaired) electrons. The van der Waals surface area contributed by atoms with E-state index in [0.717, 1.165) is 24.3 Å². The number of aliphatic hydroxyl groups is 2. The monoisotopic (exact) mass is 410 g/mol. The second kappa shape index (κ2) is 7.90. The molecule has 13 heteroatoms. The van der Waals surface area contributed by atoms with Crippen LogP contribution in [0.5, 0.6) is 5.75 Å². The van der Waals surface area contributed by atoms with Gasteiger partial charge in [0.1, 0.15) is 18.0 Å². The normalized spacial score (nSPS) is 23.6. The lowest BCUT2D eigenvalue weighted by atomic mass is 10.1. The van der Waals surface area contributed by atoms with Crippen molar-refractivity contribution in [1.82, 2.24) is 9.55 Å². The van der Waals surface area contributed by atoms with Crippen molar-refractivity contribution in [1.29, 1.82) is 0 Å². The molecule has 154 valence electrons. The SMILES string of the molecule is C[C@H]1O[C@@H](n2cc(F)c(NC(=O)Oc3ccc([N+](=O)[O-])cc3)nc2=O)[C@H](O)[C@@H]1O. The van der Waals surface area contributed by atoms with Gasteiger partial charge >= 0.3 is 11.8 Å². The van der Waals surface area contributed by atoms with E-state index >= 15 is 0 Å². The molecule has 1 saturated heterocycles. The van der Waals surface area contributed by atoms with Gasteiger partial charge in [-0.05, 0) is 19.1 Å². The zero-order chi connectivity index (χ0) is 21.3. The summed E-state index contributed by atoms with van der Waals surface area (Å²) in [6, 6.07) is 4.52. The maximum Gasteiger partial charge on any atom is 0.418 e. The average molecular weight is 410 g/mol. The molecule has 0 bridgehead atoms. The summed E-state index contributed by atoms with van der Waals surface area (Å²) in [6.45, 7) is 1.47. The summed E-state index contributed by atoms with van der Waals surface area (Å²) < 4.78 is 25.0. The summed E-state index contributed by atoms with van der Waals surface area (Å²) in [5.74, 6) is -1.93. The summed E-state index contributed by atoms with van der Waals surface area (Å²) in [5.41, 5.74) is -1.27. The lowest BCUT2D eigenvalue weighted by molar-refractivity contribution is -0.384. The smallest absolute Gasteiger partial charge is 0.410 e. The van der Waals surface area contributed by atoms with E-state index in [1.165, 1.54) is 6.92 Å². The lowest BCUT2D eigenvalue weighted by Gasteiger charge is -2.17. The van der Waals surface area contributed by atoms with E-state index in [-0.39, 0.29) is 11.4 Å². The van der Waals surface area contributed by atoms with Crippen LogP contribution in [-0.2, 0) is 4.74 Å². The zero-order valence-corrected chi connectivity index (χ0v) is 14.8. The van der Waals surface area contributed by atoms with Crippen LogP contribution < -0.4 is 15.7 Å². The minimum atomic E-state index is -1.48. The van der Waals surface area contributed by atoms with Crippen molar-refractivity contribution in [2.75, 3.05) is 5.32 Å². The second-order valence-electron chi connectivity index (χ2n) is 6.11. The molecule has 1 aliphatic heterocycles. The number of rotatable bonds is 4. The Morgan fingerprint density at radius 3 is 2.55 bits per heavy atom. The first-order chi connectivity index (χ1) is 13.7. The van der Waals surface area contributed by atoms with Crippen molar-refractivity contribution in [3.05, 3.63) is 56.9 Å². The molecule has 29 heavy (non-hydrogen) atoms. The van der Waals surface area contributed by atoms with Gasteiger partial charge in [-0.3, -0.25) is 20.0 Å². The first-order valence-corrected chi connectivity index (χ1v) is 8.21. The van der Waals surface area contributed by atoms with Gasteiger partial charge < -0.3 is 19.7 Å². The van der Waals surface area contributed by atoms with Gasteiger partial charge in [0.15, 0.2) is 17.9 Å². The van der Waals surface area contributed by atoms with Crippen molar-refractivity contribution in [3.63, 3.8) is 0 Å². The van der Waals surface area contributed by atoms with Crippen LogP contribution in [0, 0.1) is 15.9 Å². The highest BCUT2D eigenvalue weighted by molar-refractivity contribution is 5.85. The molecular formula is C16H15FN4O8. The number of anilines is 1. The predicted molar refractivity (Wildman–Crippen MR) is 92.8 cm³/mol. The van der Waals surface area contributed by atoms with Crippen molar-refractivity contribution >= 4 is 17.6 Å². The van der Waals surface area contributed by atoms with Crippen molar-refractivity contribution in [2.24, 2.45) is 0 Å². The van der Waals surface area contributed by atoms with E-state index in [1.807, 2.05) is 5.32 Å². The van der Waals surface area contributed by atoms with E-state index in [1.54, 1.807) is 0 Å². The topological polar surface area (TPSA) is 166 Å². The molecule has 1 aliphatic rings. The van der Waals surface area contributed by atoms with Crippen LogP contribution in [-0.4, -0.2) is 49.1 Å². The summed E-state index contributed by atoms with van der Waals surface area (Å²) >= 11 is 0. The molecule has 1 fully saturated rings. The molecule has 2 heterocycles. The number of nitro benzene ring substituents is 1. The Kier molecular flexibility index (Phi) is 5.54. The fraction of sp³-hybridized carbons (Fsp3) is 0.312. The number of halogens is 1. The number of nitro groups is 1. The van der Waals surface area contributed by atoms with Gasteiger partial charge in [0.2, 0.25) is 0 Å². The van der Waals surface area contributed by atoms with Crippen LogP contribution in [0.2, 0.25) is 0 Å². The minimum absolute atomic E-state index is 0.0627. The number of nitrogens with one attached hydrogen (secondary N) is 1. The number of hydrogen-bond acceptors (Lipinski definition) is 9. The van der Waals surface area contributed by atoms with Crippen LogP contribution in [0.3, 0.4) is 0 Å². The number of amides is 1. The van der Waals surface area contributed by atoms with E-state index in [2.05, 4.69) is 4.98 Å². The third-order valence-electron chi connectivity index (χ3n) is 4.14. The number of nitrogens with zero attached hydrogens (tertiary/aromatic N) is 3. The number of non-ortho nitro benzene ring substituents is 1. The average Bonchev–Trinajstić information content (AvgIpc) is 2.92. The number of carbonyl (C=O) groups is 1. The maximum atomic E-state index is 14.3. The molecule has 4 atom stereocenters. The molecule has 0 aliphatic carbocycles. The number of hydrogen-bond donors (Lipinski definition) is 3. The van der Waals surface area contributed by atoms with Crippen LogP contribution in [0.25, 0.3) is 0 Å². The highest BCUT2D eigenvalue weighted by atomic mass is 19.1. The molecule has 3 N–H and O–H groups in total. The number of ether oxygens (including phenoxy) is 2. The van der Waals surface area contributed by atoms with Crippen LogP contribution in [0.1, 0.15) is 13.2 Å². The summed E-state index contributed by atoms with van der Waals surface area (Å²) in [5, 5.41) is 32.1. The molecule has 0 saturated carbocycles. The second-order valence-corrected chi connectivity index (χ2v) is 6.11. The van der Waals surface area contributed by atoms with Crippen molar-refractivity contribution in [3.8, 4) is 5.75 Å². The van der Waals surface area contributed by atoms with Gasteiger partial charge in [0.05, 0.1) is 17.2 Å². The molecule has 1 aromatic carbocycles. The largest absolute Gasteiger partial charge is 0.418 e. The first kappa shape index (κ1) is 20.3. The highest BCUT2D eigenvalue weighted by Gasteiger charge is 2.42. The molecule has 0 spiro atoms. The fourth-order valence-electron chi connectivity index (χ4n) is 2.64. The molecule has 1 aromatic heterocycles. The lowest BCUT2D eigenvalue weighted by Crippen LogP contribution is -2.36. The number of carbonyl (C=O) groups excluding carboxylic acids is 1. The number of aliphatic hydroxyl groups excluding tert-OH is 2. The Bertz CT molecular complexity index is 995. The van der Waals surface area contributed by atoms with Crippen LogP contribution in [0.15, 0.2) is 35.3 Å². The van der Waals surface area contributed by atoms with E-state index < -0.39 is 52.9 Å². The van der Waals surface area contributed by atoms with Gasteiger partial charge in [0.25, 0.3) is 5.69 Å². The molecular weight excluding hydrogens is 395 g/mol. The molecule has 3 rings (SSSR count). The molecule has 12 nitrogen and oxygen atoms in total. The third kappa shape index (κ3) is 4.21. The van der Waals surface area contributed by atoms with Crippen molar-refractivity contribution in [2.45, 2.75) is 31.5 Å². The van der Waals surface area contributed by atoms with Gasteiger partial charge in [-0.1, -0.05) is 0 Å². The van der Waals surface area contributed by atoms with Crippen molar-refractivity contribution < 1.29 is 33.8 Å². The first-order valence-electron chi connectivity index (χ1n) is 8.21. The summed E-state index contributed by atoms with van der Waals surface area (Å²) in [6.07, 6.45) is -5.42. The van der Waals surface area contributed by atoms with E-state index in [4.69, 9.17) is 9.47 Å². The quantitative estimate of drug-likeness (QED) is 0.481. The summed E-state index contributed by atoms with van der Waals surface area (Å²) in [7, 11) is 0. The number of benzene rings is 1. The Morgan fingerprint density at radius 2 is 2.00 bits per heavy atom. The Hall–Kier alpha value is -3.42. The Labute approximate surface area is 161 Å². The fourth-order valence-corrected chi connectivity index (χ4v) is 2.64. The standard InChI is InChI=1S/C16H15FN4O8/c1-7-11(22)12(23)14(28-7)20-6-10(17)13(18-15(20)24)19-16(25)29-9-4-2-8(3-5-9)21(26)27/h2-7,11-12,14,22-23H,1H3,(H,18,19,24,25)/t7-,11-,12-,14-/m1/s1. The maximum absolute atomic E-state index is 14.3.